The number of hydrogen-bond donors (Lipinski definition) is 0. The van der Waals surface area contributed by atoms with Crippen LogP contribution in [-0.4, -0.2) is 45.4 Å². The van der Waals surface area contributed by atoms with Crippen LogP contribution in [-0.2, 0) is 19.5 Å². The van der Waals surface area contributed by atoms with Crippen LogP contribution in [0, 0.1) is 5.41 Å². The Balaban J connectivity index is 1.38. The lowest BCUT2D eigenvalue weighted by molar-refractivity contribution is 0.0740. The summed E-state index contributed by atoms with van der Waals surface area (Å²) in [5.41, 5.74) is -0.638. The third kappa shape index (κ3) is 3.35. The summed E-state index contributed by atoms with van der Waals surface area (Å²) >= 11 is 0. The van der Waals surface area contributed by atoms with Crippen LogP contribution in [0.3, 0.4) is 0 Å². The lowest BCUT2D eigenvalue weighted by Gasteiger charge is -2.22. The maximum Gasteiger partial charge on any atom is 0.332 e. The maximum atomic E-state index is 12.8. The van der Waals surface area contributed by atoms with Crippen LogP contribution >= 0.6 is 0 Å². The lowest BCUT2D eigenvalue weighted by Crippen LogP contribution is -2.43. The zero-order chi connectivity index (χ0) is 21.6. The van der Waals surface area contributed by atoms with Crippen LogP contribution in [0.15, 0.2) is 56.7 Å². The van der Waals surface area contributed by atoms with Gasteiger partial charge in [0.2, 0.25) is 0 Å². The molecular formula is C22H22N4O5. The van der Waals surface area contributed by atoms with Crippen molar-refractivity contribution in [3.05, 3.63) is 80.5 Å². The molecule has 0 bridgehead atoms. The van der Waals surface area contributed by atoms with Gasteiger partial charge in [-0.05, 0) is 36.2 Å². The molecule has 1 aromatic carbocycles. The minimum atomic E-state index is -0.641. The van der Waals surface area contributed by atoms with E-state index in [1.54, 1.807) is 36.3 Å². The highest BCUT2D eigenvalue weighted by atomic mass is 16.5. The fourth-order valence-corrected chi connectivity index (χ4v) is 4.55. The van der Waals surface area contributed by atoms with Crippen molar-refractivity contribution < 1.29 is 13.9 Å². The van der Waals surface area contributed by atoms with Crippen molar-refractivity contribution in [3.63, 3.8) is 0 Å². The maximum absolute atomic E-state index is 12.8. The Hall–Kier alpha value is -3.62. The van der Waals surface area contributed by atoms with Gasteiger partial charge in [0.1, 0.15) is 11.6 Å². The van der Waals surface area contributed by atoms with Crippen LogP contribution in [0.4, 0.5) is 0 Å². The molecule has 2 aliphatic heterocycles. The number of aromatic nitrogens is 3. The van der Waals surface area contributed by atoms with Gasteiger partial charge in [-0.2, -0.15) is 5.10 Å². The van der Waals surface area contributed by atoms with Gasteiger partial charge < -0.3 is 14.1 Å². The number of carbonyl (C=O) groups is 1. The Morgan fingerprint density at radius 2 is 1.97 bits per heavy atom. The van der Waals surface area contributed by atoms with E-state index in [1.807, 2.05) is 12.1 Å². The number of methoxy groups -OCH3 is 1. The van der Waals surface area contributed by atoms with Crippen molar-refractivity contribution >= 4 is 5.91 Å². The van der Waals surface area contributed by atoms with E-state index in [9.17, 15) is 14.4 Å². The quantitative estimate of drug-likeness (QED) is 0.585. The van der Waals surface area contributed by atoms with Gasteiger partial charge in [0, 0.05) is 31.5 Å². The van der Waals surface area contributed by atoms with Crippen LogP contribution in [0.5, 0.6) is 5.75 Å². The Labute approximate surface area is 177 Å². The molecule has 1 spiro atoms. The molecule has 2 aromatic heterocycles. The van der Waals surface area contributed by atoms with Crippen LogP contribution in [0.25, 0.3) is 0 Å². The number of nitrogens with zero attached hydrogens (tertiary/aromatic N) is 4. The normalized spacial score (nSPS) is 19.7. The van der Waals surface area contributed by atoms with Gasteiger partial charge in [0.05, 0.1) is 19.9 Å². The van der Waals surface area contributed by atoms with Crippen LogP contribution < -0.4 is 15.9 Å². The van der Waals surface area contributed by atoms with Gasteiger partial charge in [0.15, 0.2) is 5.76 Å². The van der Waals surface area contributed by atoms with Gasteiger partial charge in [-0.3, -0.25) is 19.0 Å². The van der Waals surface area contributed by atoms with Crippen molar-refractivity contribution in [2.75, 3.05) is 20.2 Å². The number of fused-ring (bicyclic) bond motifs is 1. The summed E-state index contributed by atoms with van der Waals surface area (Å²) in [5.74, 6) is 1.46. The van der Waals surface area contributed by atoms with Gasteiger partial charge in [0.25, 0.3) is 5.91 Å². The second-order valence-corrected chi connectivity index (χ2v) is 8.25. The summed E-state index contributed by atoms with van der Waals surface area (Å²) in [6.45, 7) is 1.69. The smallest absolute Gasteiger partial charge is 0.332 e. The van der Waals surface area contributed by atoms with E-state index < -0.39 is 11.1 Å². The molecule has 0 unspecified atom stereocenters. The monoisotopic (exact) mass is 422 g/mol. The molecule has 9 heteroatoms. The third-order valence-corrected chi connectivity index (χ3v) is 6.19. The predicted octanol–water partition coefficient (Wildman–Crippen LogP) is 1.14. The zero-order valence-electron chi connectivity index (χ0n) is 17.1. The average molecular weight is 422 g/mol. The van der Waals surface area contributed by atoms with Crippen LogP contribution in [0.1, 0.15) is 28.4 Å². The summed E-state index contributed by atoms with van der Waals surface area (Å²) in [4.78, 5) is 39.8. The van der Waals surface area contributed by atoms with Crippen molar-refractivity contribution in [2.24, 2.45) is 5.41 Å². The van der Waals surface area contributed by atoms with Gasteiger partial charge in [-0.25, -0.2) is 4.68 Å². The molecule has 3 aromatic rings. The number of benzene rings is 1. The van der Waals surface area contributed by atoms with Gasteiger partial charge in [-0.15, -0.1) is 0 Å². The molecule has 1 atom stereocenters. The molecule has 2 aliphatic rings. The minimum absolute atomic E-state index is 0.155. The summed E-state index contributed by atoms with van der Waals surface area (Å²) in [5, 5.41) is 4.50. The Morgan fingerprint density at radius 3 is 2.68 bits per heavy atom. The van der Waals surface area contributed by atoms with E-state index in [1.165, 1.54) is 15.5 Å². The summed E-state index contributed by atoms with van der Waals surface area (Å²) in [7, 11) is 1.59. The molecular weight excluding hydrogens is 400 g/mol. The van der Waals surface area contributed by atoms with Crippen molar-refractivity contribution in [3.8, 4) is 5.75 Å². The highest BCUT2D eigenvalue weighted by Crippen LogP contribution is 2.39. The number of carbonyl (C=O) groups excluding carboxylic acids is 1. The number of rotatable bonds is 4. The van der Waals surface area contributed by atoms with Crippen molar-refractivity contribution in [1.29, 1.82) is 0 Å². The van der Waals surface area contributed by atoms with E-state index in [-0.39, 0.29) is 17.9 Å². The molecule has 0 N–H and O–H groups in total. The molecule has 0 saturated carbocycles. The van der Waals surface area contributed by atoms with E-state index >= 15 is 0 Å². The average Bonchev–Trinajstić information content (AvgIpc) is 3.53. The molecule has 5 rings (SSSR count). The van der Waals surface area contributed by atoms with Crippen LogP contribution in [0.2, 0.25) is 0 Å². The fraction of sp³-hybridized carbons (Fsp3) is 0.364. The topological polar surface area (TPSA) is 99.6 Å². The highest BCUT2D eigenvalue weighted by Gasteiger charge is 2.46. The second-order valence-electron chi connectivity index (χ2n) is 8.25. The van der Waals surface area contributed by atoms with Crippen molar-refractivity contribution in [1.82, 2.24) is 19.2 Å². The molecule has 1 saturated heterocycles. The third-order valence-electron chi connectivity index (χ3n) is 6.19. The number of hydrogen-bond acceptors (Lipinski definition) is 6. The predicted molar refractivity (Wildman–Crippen MR) is 110 cm³/mol. The molecule has 160 valence electrons. The van der Waals surface area contributed by atoms with Crippen molar-refractivity contribution in [2.45, 2.75) is 25.9 Å². The zero-order valence-corrected chi connectivity index (χ0v) is 17.1. The first-order chi connectivity index (χ1) is 15.0. The number of furan rings is 1. The molecule has 31 heavy (non-hydrogen) atoms. The van der Waals surface area contributed by atoms with E-state index in [4.69, 9.17) is 9.15 Å². The molecule has 0 aliphatic carbocycles. The number of amides is 1. The molecule has 0 radical (unpaired) electrons. The van der Waals surface area contributed by atoms with Gasteiger partial charge in [-0.1, -0.05) is 12.1 Å². The molecule has 4 heterocycles. The molecule has 1 fully saturated rings. The number of likely N-dealkylation sites (tertiary alicyclic amines) is 1. The summed E-state index contributed by atoms with van der Waals surface area (Å²) < 4.78 is 13.1. The highest BCUT2D eigenvalue weighted by molar-refractivity contribution is 5.91. The largest absolute Gasteiger partial charge is 0.497 e. The molecule has 1 amide bonds. The first-order valence-electron chi connectivity index (χ1n) is 10.1. The SMILES string of the molecule is COc1ccc(Cn2nc3n(c(=O)c2=O)C[C@@]2(CCN(C(=O)c4ccco4)C2)C3)cc1. The first kappa shape index (κ1) is 19.3. The number of ether oxygens (including phenoxy) is 1. The Morgan fingerprint density at radius 1 is 1.16 bits per heavy atom. The summed E-state index contributed by atoms with van der Waals surface area (Å²) in [6.07, 6.45) is 2.77. The standard InChI is InChI=1S/C22H22N4O5/c1-30-16-6-4-15(5-7-16)12-26-21(29)20(28)25-14-22(11-18(25)23-26)8-9-24(13-22)19(27)17-3-2-10-31-17/h2-7,10H,8-9,11-14H2,1H3/t22-/m0/s1. The van der Waals surface area contributed by atoms with E-state index in [0.29, 0.717) is 37.6 Å². The molecule has 9 nitrogen and oxygen atoms in total. The Kier molecular flexibility index (Phi) is 4.53. The first-order valence-corrected chi connectivity index (χ1v) is 10.1. The van der Waals surface area contributed by atoms with E-state index in [2.05, 4.69) is 5.10 Å². The second kappa shape index (κ2) is 7.26. The fourth-order valence-electron chi connectivity index (χ4n) is 4.55. The minimum Gasteiger partial charge on any atom is -0.497 e. The van der Waals surface area contributed by atoms with Gasteiger partial charge >= 0.3 is 11.1 Å². The summed E-state index contributed by atoms with van der Waals surface area (Å²) in [6, 6.07) is 10.6. The Bertz CT molecular complexity index is 1240. The lowest BCUT2D eigenvalue weighted by atomic mass is 9.86. The van der Waals surface area contributed by atoms with E-state index in [0.717, 1.165) is 17.7 Å².